The maximum absolute atomic E-state index is 12.7. The van der Waals surface area contributed by atoms with Gasteiger partial charge < -0.3 is 14.4 Å². The third-order valence-electron chi connectivity index (χ3n) is 5.01. The number of Topliss-reactive ketones (excluding diaryl/α,β-unsaturated/α-hetero) is 1. The lowest BCUT2D eigenvalue weighted by Crippen LogP contribution is -2.34. The Bertz CT molecular complexity index is 798. The molecule has 1 fully saturated rings. The Hall–Kier alpha value is -2.82. The van der Waals surface area contributed by atoms with Crippen molar-refractivity contribution in [1.82, 2.24) is 4.90 Å². The fraction of sp³-hybridized carbons (Fsp3) is 0.391. The van der Waals surface area contributed by atoms with E-state index in [0.717, 1.165) is 30.7 Å². The van der Waals surface area contributed by atoms with Gasteiger partial charge in [0.1, 0.15) is 11.5 Å². The quantitative estimate of drug-likeness (QED) is 0.635. The molecule has 0 aromatic heterocycles. The SMILES string of the molecule is CCOc1ccc(C2CCCN2C(=O)COc2ccc(C(=O)CC)cc2)cc1. The van der Waals surface area contributed by atoms with E-state index in [0.29, 0.717) is 24.3 Å². The molecule has 1 atom stereocenters. The van der Waals surface area contributed by atoms with Crippen LogP contribution in [0.25, 0.3) is 0 Å². The Labute approximate surface area is 166 Å². The van der Waals surface area contributed by atoms with Gasteiger partial charge >= 0.3 is 0 Å². The fourth-order valence-electron chi connectivity index (χ4n) is 3.53. The standard InChI is InChI=1S/C23H27NO4/c1-3-22(25)18-9-13-20(14-10-18)28-16-23(26)24-15-5-6-21(24)17-7-11-19(12-8-17)27-4-2/h7-14,21H,3-6,15-16H2,1-2H3. The Balaban J connectivity index is 1.59. The predicted octanol–water partition coefficient (Wildman–Crippen LogP) is 4.42. The molecule has 0 radical (unpaired) electrons. The molecule has 5 heteroatoms. The van der Waals surface area contributed by atoms with Crippen LogP contribution >= 0.6 is 0 Å². The summed E-state index contributed by atoms with van der Waals surface area (Å²) in [4.78, 5) is 26.3. The molecule has 148 valence electrons. The van der Waals surface area contributed by atoms with E-state index >= 15 is 0 Å². The third-order valence-corrected chi connectivity index (χ3v) is 5.01. The average Bonchev–Trinajstić information content (AvgIpc) is 3.22. The van der Waals surface area contributed by atoms with Gasteiger partial charge in [0.15, 0.2) is 12.4 Å². The summed E-state index contributed by atoms with van der Waals surface area (Å²) in [6.45, 7) is 5.17. The maximum Gasteiger partial charge on any atom is 0.261 e. The van der Waals surface area contributed by atoms with Crippen LogP contribution < -0.4 is 9.47 Å². The Morgan fingerprint density at radius 1 is 0.964 bits per heavy atom. The topological polar surface area (TPSA) is 55.8 Å². The highest BCUT2D eigenvalue weighted by atomic mass is 16.5. The summed E-state index contributed by atoms with van der Waals surface area (Å²) in [7, 11) is 0. The molecule has 1 unspecified atom stereocenters. The molecule has 28 heavy (non-hydrogen) atoms. The van der Waals surface area contributed by atoms with Crippen LogP contribution in [0.1, 0.15) is 55.1 Å². The van der Waals surface area contributed by atoms with E-state index in [-0.39, 0.29) is 24.3 Å². The van der Waals surface area contributed by atoms with E-state index in [4.69, 9.17) is 9.47 Å². The highest BCUT2D eigenvalue weighted by molar-refractivity contribution is 5.95. The predicted molar refractivity (Wildman–Crippen MR) is 108 cm³/mol. The monoisotopic (exact) mass is 381 g/mol. The van der Waals surface area contributed by atoms with Crippen LogP contribution in [0.15, 0.2) is 48.5 Å². The summed E-state index contributed by atoms with van der Waals surface area (Å²) in [6, 6.07) is 15.0. The molecule has 0 aliphatic carbocycles. The summed E-state index contributed by atoms with van der Waals surface area (Å²) in [6.07, 6.45) is 2.41. The minimum absolute atomic E-state index is 0.00536. The number of carbonyl (C=O) groups excluding carboxylic acids is 2. The Morgan fingerprint density at radius 3 is 2.25 bits per heavy atom. The van der Waals surface area contributed by atoms with Crippen molar-refractivity contribution in [1.29, 1.82) is 0 Å². The molecule has 1 heterocycles. The number of hydrogen-bond acceptors (Lipinski definition) is 4. The number of benzene rings is 2. The first-order chi connectivity index (χ1) is 13.6. The van der Waals surface area contributed by atoms with E-state index in [2.05, 4.69) is 0 Å². The van der Waals surface area contributed by atoms with Crippen molar-refractivity contribution < 1.29 is 19.1 Å². The summed E-state index contributed by atoms with van der Waals surface area (Å²) >= 11 is 0. The number of hydrogen-bond donors (Lipinski definition) is 0. The Morgan fingerprint density at radius 2 is 1.61 bits per heavy atom. The first-order valence-electron chi connectivity index (χ1n) is 9.90. The highest BCUT2D eigenvalue weighted by Gasteiger charge is 2.30. The summed E-state index contributed by atoms with van der Waals surface area (Å²) in [5.41, 5.74) is 1.79. The molecule has 3 rings (SSSR count). The van der Waals surface area contributed by atoms with Gasteiger partial charge in [-0.05, 0) is 61.7 Å². The lowest BCUT2D eigenvalue weighted by Gasteiger charge is -2.25. The van der Waals surface area contributed by atoms with Gasteiger partial charge in [-0.25, -0.2) is 0 Å². The van der Waals surface area contributed by atoms with E-state index in [9.17, 15) is 9.59 Å². The lowest BCUT2D eigenvalue weighted by atomic mass is 10.0. The van der Waals surface area contributed by atoms with Crippen LogP contribution in [0, 0.1) is 0 Å². The number of rotatable bonds is 8. The van der Waals surface area contributed by atoms with Crippen molar-refractivity contribution in [2.45, 2.75) is 39.2 Å². The highest BCUT2D eigenvalue weighted by Crippen LogP contribution is 2.33. The number of likely N-dealkylation sites (tertiary alicyclic amines) is 1. The summed E-state index contributed by atoms with van der Waals surface area (Å²) < 4.78 is 11.2. The van der Waals surface area contributed by atoms with Crippen LogP contribution in [0.2, 0.25) is 0 Å². The number of nitrogens with zero attached hydrogens (tertiary/aromatic N) is 1. The molecule has 2 aromatic carbocycles. The van der Waals surface area contributed by atoms with Crippen LogP contribution in [0.3, 0.4) is 0 Å². The van der Waals surface area contributed by atoms with Gasteiger partial charge in [0.2, 0.25) is 0 Å². The third kappa shape index (κ3) is 4.71. The van der Waals surface area contributed by atoms with E-state index in [1.807, 2.05) is 43.0 Å². The second kappa shape index (κ2) is 9.40. The van der Waals surface area contributed by atoms with Crippen LogP contribution in [0.5, 0.6) is 11.5 Å². The molecule has 1 aliphatic rings. The second-order valence-electron chi connectivity index (χ2n) is 6.84. The van der Waals surface area contributed by atoms with Crippen molar-refractivity contribution in [3.05, 3.63) is 59.7 Å². The van der Waals surface area contributed by atoms with E-state index in [1.54, 1.807) is 24.3 Å². The van der Waals surface area contributed by atoms with Crippen molar-refractivity contribution in [2.24, 2.45) is 0 Å². The van der Waals surface area contributed by atoms with Gasteiger partial charge in [0.05, 0.1) is 12.6 Å². The molecular weight excluding hydrogens is 354 g/mol. The normalized spacial score (nSPS) is 16.1. The molecule has 0 bridgehead atoms. The van der Waals surface area contributed by atoms with Crippen molar-refractivity contribution in [3.63, 3.8) is 0 Å². The van der Waals surface area contributed by atoms with Crippen LogP contribution in [-0.2, 0) is 4.79 Å². The molecule has 1 aliphatic heterocycles. The smallest absolute Gasteiger partial charge is 0.261 e. The zero-order valence-electron chi connectivity index (χ0n) is 16.5. The second-order valence-corrected chi connectivity index (χ2v) is 6.84. The first kappa shape index (κ1) is 19.9. The van der Waals surface area contributed by atoms with E-state index in [1.165, 1.54) is 0 Å². The van der Waals surface area contributed by atoms with Gasteiger partial charge in [-0.1, -0.05) is 19.1 Å². The van der Waals surface area contributed by atoms with Crippen molar-refractivity contribution in [3.8, 4) is 11.5 Å². The molecular formula is C23H27NO4. The minimum atomic E-state index is -0.0231. The molecule has 1 saturated heterocycles. The molecule has 0 N–H and O–H groups in total. The van der Waals surface area contributed by atoms with Gasteiger partial charge in [-0.2, -0.15) is 0 Å². The fourth-order valence-corrected chi connectivity index (χ4v) is 3.53. The van der Waals surface area contributed by atoms with Gasteiger partial charge in [-0.15, -0.1) is 0 Å². The van der Waals surface area contributed by atoms with Crippen LogP contribution in [0.4, 0.5) is 0 Å². The number of ether oxygens (including phenoxy) is 2. The van der Waals surface area contributed by atoms with E-state index < -0.39 is 0 Å². The zero-order valence-corrected chi connectivity index (χ0v) is 16.5. The lowest BCUT2D eigenvalue weighted by molar-refractivity contribution is -0.134. The number of carbonyl (C=O) groups is 2. The minimum Gasteiger partial charge on any atom is -0.494 e. The average molecular weight is 381 g/mol. The van der Waals surface area contributed by atoms with Crippen LogP contribution in [-0.4, -0.2) is 36.3 Å². The first-order valence-corrected chi connectivity index (χ1v) is 9.90. The van der Waals surface area contributed by atoms with Gasteiger partial charge in [0, 0.05) is 18.5 Å². The molecule has 0 saturated carbocycles. The number of ketones is 1. The molecule has 5 nitrogen and oxygen atoms in total. The van der Waals surface area contributed by atoms with Crippen molar-refractivity contribution in [2.75, 3.05) is 19.8 Å². The summed E-state index contributed by atoms with van der Waals surface area (Å²) in [5.74, 6) is 1.51. The van der Waals surface area contributed by atoms with Crippen molar-refractivity contribution >= 4 is 11.7 Å². The number of amides is 1. The van der Waals surface area contributed by atoms with Gasteiger partial charge in [-0.3, -0.25) is 9.59 Å². The van der Waals surface area contributed by atoms with Gasteiger partial charge in [0.25, 0.3) is 5.91 Å². The molecule has 1 amide bonds. The maximum atomic E-state index is 12.7. The summed E-state index contributed by atoms with van der Waals surface area (Å²) in [5, 5.41) is 0. The molecule has 2 aromatic rings. The Kier molecular flexibility index (Phi) is 6.69. The largest absolute Gasteiger partial charge is 0.494 e. The zero-order chi connectivity index (χ0) is 19.9. The molecule has 0 spiro atoms.